The summed E-state index contributed by atoms with van der Waals surface area (Å²) in [5.74, 6) is 0.115. The van der Waals surface area contributed by atoms with Crippen LogP contribution in [0.2, 0.25) is 0 Å². The zero-order chi connectivity index (χ0) is 11.8. The number of rotatable bonds is 3. The van der Waals surface area contributed by atoms with Crippen molar-refractivity contribution in [2.75, 3.05) is 7.11 Å². The van der Waals surface area contributed by atoms with Crippen LogP contribution in [0.3, 0.4) is 0 Å². The van der Waals surface area contributed by atoms with Crippen molar-refractivity contribution in [2.45, 2.75) is 31.6 Å². The predicted molar refractivity (Wildman–Crippen MR) is 60.9 cm³/mol. The molecule has 3 heteroatoms. The fraction of sp³-hybridized carbons (Fsp3) is 0.462. The molecule has 0 aromatic heterocycles. The molecule has 2 rings (SSSR count). The van der Waals surface area contributed by atoms with Gasteiger partial charge in [-0.2, -0.15) is 0 Å². The minimum absolute atomic E-state index is 0.201. The van der Waals surface area contributed by atoms with Gasteiger partial charge in [-0.05, 0) is 36.1 Å². The SMILES string of the molecule is COc1ccc2c(c1)CCC2(C)CC(=O)O. The third kappa shape index (κ3) is 1.77. The van der Waals surface area contributed by atoms with Crippen LogP contribution in [0.25, 0.3) is 0 Å². The lowest BCUT2D eigenvalue weighted by molar-refractivity contribution is -0.138. The first-order chi connectivity index (χ1) is 7.55. The van der Waals surface area contributed by atoms with E-state index < -0.39 is 5.97 Å². The summed E-state index contributed by atoms with van der Waals surface area (Å²) < 4.78 is 5.17. The standard InChI is InChI=1S/C13H16O3/c1-13(8-12(14)15)6-5-9-7-10(16-2)3-4-11(9)13/h3-4,7H,5-6,8H2,1-2H3,(H,14,15). The molecule has 0 fully saturated rings. The van der Waals surface area contributed by atoms with E-state index in [0.29, 0.717) is 0 Å². The van der Waals surface area contributed by atoms with Crippen LogP contribution in [0.5, 0.6) is 5.75 Å². The summed E-state index contributed by atoms with van der Waals surface area (Å²) in [5, 5.41) is 8.94. The fourth-order valence-electron chi connectivity index (χ4n) is 2.56. The van der Waals surface area contributed by atoms with Gasteiger partial charge >= 0.3 is 5.97 Å². The number of carboxylic acid groups (broad SMARTS) is 1. The Morgan fingerprint density at radius 2 is 2.31 bits per heavy atom. The van der Waals surface area contributed by atoms with Crippen molar-refractivity contribution >= 4 is 5.97 Å². The number of hydrogen-bond donors (Lipinski definition) is 1. The smallest absolute Gasteiger partial charge is 0.304 e. The van der Waals surface area contributed by atoms with E-state index in [0.717, 1.165) is 24.2 Å². The van der Waals surface area contributed by atoms with Gasteiger partial charge in [0.2, 0.25) is 0 Å². The molecule has 1 aliphatic carbocycles. The average Bonchev–Trinajstić information content (AvgIpc) is 2.55. The van der Waals surface area contributed by atoms with Gasteiger partial charge in [0.1, 0.15) is 5.75 Å². The van der Waals surface area contributed by atoms with Gasteiger partial charge in [-0.1, -0.05) is 13.0 Å². The molecule has 1 aromatic carbocycles. The molecule has 1 unspecified atom stereocenters. The highest BCUT2D eigenvalue weighted by molar-refractivity contribution is 5.69. The predicted octanol–water partition coefficient (Wildman–Crippen LogP) is 2.37. The van der Waals surface area contributed by atoms with Crippen LogP contribution >= 0.6 is 0 Å². The highest BCUT2D eigenvalue weighted by atomic mass is 16.5. The summed E-state index contributed by atoms with van der Waals surface area (Å²) in [4.78, 5) is 10.9. The van der Waals surface area contributed by atoms with E-state index >= 15 is 0 Å². The van der Waals surface area contributed by atoms with Gasteiger partial charge in [0.05, 0.1) is 13.5 Å². The van der Waals surface area contributed by atoms with Gasteiger partial charge in [0.15, 0.2) is 0 Å². The second-order valence-corrected chi connectivity index (χ2v) is 4.65. The van der Waals surface area contributed by atoms with Crippen molar-refractivity contribution < 1.29 is 14.6 Å². The minimum atomic E-state index is -0.730. The molecule has 16 heavy (non-hydrogen) atoms. The Bertz CT molecular complexity index is 425. The summed E-state index contributed by atoms with van der Waals surface area (Å²) in [5.41, 5.74) is 2.17. The first-order valence-corrected chi connectivity index (χ1v) is 5.44. The van der Waals surface area contributed by atoms with Gasteiger partial charge in [-0.15, -0.1) is 0 Å². The molecule has 1 aromatic rings. The molecule has 1 aliphatic rings. The van der Waals surface area contributed by atoms with Crippen LogP contribution in [0.1, 0.15) is 30.9 Å². The third-order valence-corrected chi connectivity index (χ3v) is 3.45. The second-order valence-electron chi connectivity index (χ2n) is 4.65. The van der Waals surface area contributed by atoms with Crippen LogP contribution in [-0.4, -0.2) is 18.2 Å². The second kappa shape index (κ2) is 3.81. The number of ether oxygens (including phenoxy) is 1. The summed E-state index contributed by atoms with van der Waals surface area (Å²) >= 11 is 0. The summed E-state index contributed by atoms with van der Waals surface area (Å²) in [6, 6.07) is 5.93. The number of fused-ring (bicyclic) bond motifs is 1. The van der Waals surface area contributed by atoms with Gasteiger partial charge in [-0.3, -0.25) is 4.79 Å². The number of aliphatic carboxylic acids is 1. The van der Waals surface area contributed by atoms with E-state index in [4.69, 9.17) is 9.84 Å². The molecule has 0 amide bonds. The average molecular weight is 220 g/mol. The first kappa shape index (κ1) is 11.0. The molecule has 0 aliphatic heterocycles. The molecule has 1 N–H and O–H groups in total. The molecule has 0 saturated heterocycles. The zero-order valence-corrected chi connectivity index (χ0v) is 9.62. The zero-order valence-electron chi connectivity index (χ0n) is 9.62. The molecular formula is C13H16O3. The Hall–Kier alpha value is -1.51. The molecule has 1 atom stereocenters. The highest BCUT2D eigenvalue weighted by Crippen LogP contribution is 2.42. The maximum atomic E-state index is 10.9. The quantitative estimate of drug-likeness (QED) is 0.850. The van der Waals surface area contributed by atoms with Crippen LogP contribution in [0.4, 0.5) is 0 Å². The van der Waals surface area contributed by atoms with E-state index in [1.54, 1.807) is 7.11 Å². The Morgan fingerprint density at radius 3 is 2.94 bits per heavy atom. The monoisotopic (exact) mass is 220 g/mol. The van der Waals surface area contributed by atoms with Gasteiger partial charge in [0, 0.05) is 5.41 Å². The lowest BCUT2D eigenvalue weighted by Gasteiger charge is -2.23. The number of hydrogen-bond acceptors (Lipinski definition) is 2. The normalized spacial score (nSPS) is 22.9. The molecule has 0 spiro atoms. The lowest BCUT2D eigenvalue weighted by Crippen LogP contribution is -2.22. The number of methoxy groups -OCH3 is 1. The van der Waals surface area contributed by atoms with E-state index in [-0.39, 0.29) is 11.8 Å². The summed E-state index contributed by atoms with van der Waals surface area (Å²) in [7, 11) is 1.65. The van der Waals surface area contributed by atoms with Crippen molar-refractivity contribution in [3.63, 3.8) is 0 Å². The number of aryl methyl sites for hydroxylation is 1. The Balaban J connectivity index is 2.36. The lowest BCUT2D eigenvalue weighted by atomic mass is 9.81. The van der Waals surface area contributed by atoms with Crippen LogP contribution in [0.15, 0.2) is 18.2 Å². The molecular weight excluding hydrogens is 204 g/mol. The van der Waals surface area contributed by atoms with Gasteiger partial charge in [0.25, 0.3) is 0 Å². The largest absolute Gasteiger partial charge is 0.497 e. The molecule has 86 valence electrons. The summed E-state index contributed by atoms with van der Waals surface area (Å²) in [6.07, 6.45) is 2.05. The molecule has 3 nitrogen and oxygen atoms in total. The highest BCUT2D eigenvalue weighted by Gasteiger charge is 2.36. The number of carbonyl (C=O) groups is 1. The van der Waals surface area contributed by atoms with Crippen molar-refractivity contribution in [3.8, 4) is 5.75 Å². The van der Waals surface area contributed by atoms with Gasteiger partial charge in [-0.25, -0.2) is 0 Å². The van der Waals surface area contributed by atoms with Crippen molar-refractivity contribution in [2.24, 2.45) is 0 Å². The van der Waals surface area contributed by atoms with Crippen LogP contribution in [0, 0.1) is 0 Å². The Morgan fingerprint density at radius 1 is 1.56 bits per heavy atom. The van der Waals surface area contributed by atoms with Gasteiger partial charge < -0.3 is 9.84 Å². The van der Waals surface area contributed by atoms with E-state index in [1.807, 2.05) is 25.1 Å². The van der Waals surface area contributed by atoms with Crippen LogP contribution < -0.4 is 4.74 Å². The minimum Gasteiger partial charge on any atom is -0.497 e. The number of carboxylic acids is 1. The van der Waals surface area contributed by atoms with E-state index in [1.165, 1.54) is 5.56 Å². The van der Waals surface area contributed by atoms with Crippen molar-refractivity contribution in [1.29, 1.82) is 0 Å². The number of benzene rings is 1. The van der Waals surface area contributed by atoms with E-state index in [2.05, 4.69) is 0 Å². The maximum Gasteiger partial charge on any atom is 0.304 e. The van der Waals surface area contributed by atoms with E-state index in [9.17, 15) is 4.79 Å². The molecule has 0 bridgehead atoms. The van der Waals surface area contributed by atoms with Crippen molar-refractivity contribution in [1.82, 2.24) is 0 Å². The Kier molecular flexibility index (Phi) is 2.62. The molecule has 0 heterocycles. The first-order valence-electron chi connectivity index (χ1n) is 5.44. The summed E-state index contributed by atoms with van der Waals surface area (Å²) in [6.45, 7) is 2.03. The maximum absolute atomic E-state index is 10.9. The third-order valence-electron chi connectivity index (χ3n) is 3.45. The van der Waals surface area contributed by atoms with Crippen LogP contribution in [-0.2, 0) is 16.6 Å². The fourth-order valence-corrected chi connectivity index (χ4v) is 2.56. The topological polar surface area (TPSA) is 46.5 Å². The molecule has 0 radical (unpaired) electrons. The van der Waals surface area contributed by atoms with Crippen molar-refractivity contribution in [3.05, 3.63) is 29.3 Å². The Labute approximate surface area is 95.0 Å². The molecule has 0 saturated carbocycles.